The van der Waals surface area contributed by atoms with Gasteiger partial charge in [0.05, 0.1) is 6.42 Å². The van der Waals surface area contributed by atoms with Crippen LogP contribution in [0.1, 0.15) is 6.42 Å². The van der Waals surface area contributed by atoms with Crippen molar-refractivity contribution < 1.29 is 24.3 Å². The summed E-state index contributed by atoms with van der Waals surface area (Å²) in [4.78, 5) is 30.2. The number of hydrogen-bond donors (Lipinski definition) is 5. The Kier molecular flexibility index (Phi) is 5.14. The van der Waals surface area contributed by atoms with Gasteiger partial charge >= 0.3 is 13.6 Å². The zero-order valence-corrected chi connectivity index (χ0v) is 8.15. The monoisotopic (exact) mass is 225 g/mol. The van der Waals surface area contributed by atoms with Crippen LogP contribution in [-0.2, 0) is 9.36 Å². The fourth-order valence-electron chi connectivity index (χ4n) is 0.522. The smallest absolute Gasteiger partial charge is 0.346 e. The molecule has 0 saturated heterocycles. The first-order valence-electron chi connectivity index (χ1n) is 3.61. The van der Waals surface area contributed by atoms with Crippen molar-refractivity contribution in [3.05, 3.63) is 0 Å². The summed E-state index contributed by atoms with van der Waals surface area (Å²) in [5.74, 6) is -1.19. The molecular weight excluding hydrogens is 213 g/mol. The second kappa shape index (κ2) is 5.58. The first-order chi connectivity index (χ1) is 6.31. The minimum atomic E-state index is -4.19. The minimum Gasteiger partial charge on any atom is -0.481 e. The molecule has 0 aliphatic carbocycles. The summed E-state index contributed by atoms with van der Waals surface area (Å²) in [6.07, 6.45) is -0.856. The van der Waals surface area contributed by atoms with E-state index in [-0.39, 0.29) is 18.9 Å². The summed E-state index contributed by atoms with van der Waals surface area (Å²) in [6, 6.07) is 0. The first kappa shape index (κ1) is 12.9. The number of nitrogens with zero attached hydrogens (tertiary/aromatic N) is 1. The van der Waals surface area contributed by atoms with Gasteiger partial charge in [0.25, 0.3) is 0 Å². The maximum absolute atomic E-state index is 10.3. The molecule has 0 aromatic carbocycles. The molecule has 0 aliphatic rings. The van der Waals surface area contributed by atoms with E-state index in [1.165, 1.54) is 0 Å². The van der Waals surface area contributed by atoms with Gasteiger partial charge < -0.3 is 25.9 Å². The normalized spacial score (nSPS) is 12.6. The molecule has 0 amide bonds. The number of aliphatic carboxylic acids is 1. The van der Waals surface area contributed by atoms with E-state index in [0.29, 0.717) is 0 Å². The highest BCUT2D eigenvalue weighted by molar-refractivity contribution is 7.51. The summed E-state index contributed by atoms with van der Waals surface area (Å²) in [5, 5.41) is 10.6. The van der Waals surface area contributed by atoms with E-state index >= 15 is 0 Å². The van der Waals surface area contributed by atoms with E-state index in [1.807, 2.05) is 0 Å². The average molecular weight is 225 g/mol. The number of carboxylic acids is 1. The van der Waals surface area contributed by atoms with Crippen LogP contribution in [0.2, 0.25) is 0 Å². The molecule has 0 heterocycles. The maximum atomic E-state index is 10.3. The Labute approximate surface area is 80.0 Å². The quantitative estimate of drug-likeness (QED) is 0.217. The zero-order valence-electron chi connectivity index (χ0n) is 7.25. The molecule has 0 bridgehead atoms. The van der Waals surface area contributed by atoms with Gasteiger partial charge in [-0.15, -0.1) is 0 Å². The highest BCUT2D eigenvalue weighted by Crippen LogP contribution is 2.33. The topological polar surface area (TPSA) is 145 Å². The van der Waals surface area contributed by atoms with Crippen molar-refractivity contribution in [3.8, 4) is 0 Å². The summed E-state index contributed by atoms with van der Waals surface area (Å²) in [7, 11) is -4.19. The largest absolute Gasteiger partial charge is 0.481 e. The summed E-state index contributed by atoms with van der Waals surface area (Å²) >= 11 is 0. The van der Waals surface area contributed by atoms with Gasteiger partial charge in [0.2, 0.25) is 0 Å². The van der Waals surface area contributed by atoms with Crippen molar-refractivity contribution in [1.29, 1.82) is 0 Å². The lowest BCUT2D eigenvalue weighted by Crippen LogP contribution is -2.33. The zero-order chi connectivity index (χ0) is 11.2. The second-order valence-corrected chi connectivity index (χ2v) is 4.03. The molecule has 0 aliphatic heterocycles. The van der Waals surface area contributed by atoms with Crippen molar-refractivity contribution >= 4 is 19.5 Å². The van der Waals surface area contributed by atoms with E-state index in [0.717, 1.165) is 0 Å². The Bertz CT molecular complexity index is 273. The molecule has 8 nitrogen and oxygen atoms in total. The Morgan fingerprint density at radius 1 is 1.50 bits per heavy atom. The SMILES string of the molecule is N/C(=N\CP(=O)(O)O)NCCC(=O)O. The maximum Gasteiger partial charge on any atom is 0.346 e. The number of carbonyl (C=O) groups is 1. The van der Waals surface area contributed by atoms with Crippen molar-refractivity contribution in [2.45, 2.75) is 6.42 Å². The van der Waals surface area contributed by atoms with Crippen LogP contribution in [0.3, 0.4) is 0 Å². The molecular formula is C5H12N3O5P. The summed E-state index contributed by atoms with van der Waals surface area (Å²) < 4.78 is 10.3. The second-order valence-electron chi connectivity index (χ2n) is 2.42. The highest BCUT2D eigenvalue weighted by atomic mass is 31.2. The van der Waals surface area contributed by atoms with Gasteiger partial charge in [0.1, 0.15) is 6.29 Å². The Hall–Kier alpha value is -1.11. The molecule has 82 valence electrons. The summed E-state index contributed by atoms with van der Waals surface area (Å²) in [5.41, 5.74) is 5.17. The number of rotatable bonds is 5. The molecule has 0 fully saturated rings. The van der Waals surface area contributed by atoms with Crippen LogP contribution in [0, 0.1) is 0 Å². The predicted molar refractivity (Wildman–Crippen MR) is 48.8 cm³/mol. The molecule has 0 atom stereocenters. The third kappa shape index (κ3) is 8.98. The van der Waals surface area contributed by atoms with Gasteiger partial charge in [0, 0.05) is 6.54 Å². The van der Waals surface area contributed by atoms with Crippen LogP contribution >= 0.6 is 7.60 Å². The van der Waals surface area contributed by atoms with Crippen LogP contribution < -0.4 is 11.1 Å². The van der Waals surface area contributed by atoms with Crippen molar-refractivity contribution in [1.82, 2.24) is 5.32 Å². The lowest BCUT2D eigenvalue weighted by molar-refractivity contribution is -0.136. The molecule has 14 heavy (non-hydrogen) atoms. The fraction of sp³-hybridized carbons (Fsp3) is 0.600. The number of carboxylic acid groups (broad SMARTS) is 1. The van der Waals surface area contributed by atoms with Crippen LogP contribution in [0.25, 0.3) is 0 Å². The molecule has 0 spiro atoms. The van der Waals surface area contributed by atoms with Crippen LogP contribution in [0.4, 0.5) is 0 Å². The van der Waals surface area contributed by atoms with Crippen LogP contribution in [0.15, 0.2) is 4.99 Å². The highest BCUT2D eigenvalue weighted by Gasteiger charge is 2.11. The van der Waals surface area contributed by atoms with Crippen LogP contribution in [-0.4, -0.2) is 39.7 Å². The Morgan fingerprint density at radius 2 is 2.07 bits per heavy atom. The molecule has 0 saturated carbocycles. The van der Waals surface area contributed by atoms with Crippen molar-refractivity contribution in [2.75, 3.05) is 12.8 Å². The van der Waals surface area contributed by atoms with Crippen LogP contribution in [0.5, 0.6) is 0 Å². The first-order valence-corrected chi connectivity index (χ1v) is 5.41. The van der Waals surface area contributed by atoms with Gasteiger partial charge in [0.15, 0.2) is 5.96 Å². The Balaban J connectivity index is 3.79. The molecule has 0 radical (unpaired) electrons. The van der Waals surface area contributed by atoms with Crippen molar-refractivity contribution in [2.24, 2.45) is 10.7 Å². The number of hydrogen-bond acceptors (Lipinski definition) is 3. The van der Waals surface area contributed by atoms with E-state index in [9.17, 15) is 9.36 Å². The molecule has 0 aromatic heterocycles. The standard InChI is InChI=1S/C5H12N3O5P/c6-5(7-2-1-4(9)10)8-3-14(11,12)13/h1-3H2,(H,9,10)(H3,6,7,8)(H2,11,12,13). The lowest BCUT2D eigenvalue weighted by Gasteiger charge is -2.04. The van der Waals surface area contributed by atoms with Crippen molar-refractivity contribution in [3.63, 3.8) is 0 Å². The fourth-order valence-corrected chi connectivity index (χ4v) is 0.858. The molecule has 0 rings (SSSR count). The van der Waals surface area contributed by atoms with E-state index < -0.39 is 19.9 Å². The van der Waals surface area contributed by atoms with E-state index in [2.05, 4.69) is 10.3 Å². The molecule has 0 aromatic rings. The predicted octanol–water partition coefficient (Wildman–Crippen LogP) is -1.50. The van der Waals surface area contributed by atoms with E-state index in [4.69, 9.17) is 20.6 Å². The molecule has 6 N–H and O–H groups in total. The molecule has 0 unspecified atom stereocenters. The van der Waals surface area contributed by atoms with Gasteiger partial charge in [-0.3, -0.25) is 9.36 Å². The van der Waals surface area contributed by atoms with Gasteiger partial charge in [-0.25, -0.2) is 4.99 Å². The number of nitrogens with one attached hydrogen (secondary N) is 1. The van der Waals surface area contributed by atoms with Gasteiger partial charge in [-0.2, -0.15) is 0 Å². The summed E-state index contributed by atoms with van der Waals surface area (Å²) in [6.45, 7) is 0.0613. The average Bonchev–Trinajstić information content (AvgIpc) is 1.99. The molecule has 9 heteroatoms. The third-order valence-corrected chi connectivity index (χ3v) is 1.58. The van der Waals surface area contributed by atoms with Gasteiger partial charge in [-0.1, -0.05) is 0 Å². The minimum absolute atomic E-state index is 0.0613. The number of nitrogens with two attached hydrogens (primary N) is 1. The number of guanidine groups is 1. The number of aliphatic imine (C=N–C) groups is 1. The Morgan fingerprint density at radius 3 is 2.50 bits per heavy atom. The third-order valence-electron chi connectivity index (χ3n) is 1.07. The lowest BCUT2D eigenvalue weighted by atomic mass is 10.4. The van der Waals surface area contributed by atoms with E-state index in [1.54, 1.807) is 0 Å². The van der Waals surface area contributed by atoms with Gasteiger partial charge in [-0.05, 0) is 0 Å².